The fourth-order valence-corrected chi connectivity index (χ4v) is 3.49. The Kier molecular flexibility index (Phi) is 5.83. The van der Waals surface area contributed by atoms with Crippen LogP contribution in [0.15, 0.2) is 60.7 Å². The summed E-state index contributed by atoms with van der Waals surface area (Å²) in [5.41, 5.74) is 1.94. The SMILES string of the molecule is CO[C@H]1O[C@@H]2CO[C@@H](c3ccccc3)O[C@H]2[C@H](OCc2ccccc2)[C@@H]1O. The summed E-state index contributed by atoms with van der Waals surface area (Å²) in [6, 6.07) is 19.5. The molecular weight excluding hydrogens is 348 g/mol. The Balaban J connectivity index is 1.51. The Morgan fingerprint density at radius 1 is 1.00 bits per heavy atom. The minimum Gasteiger partial charge on any atom is -0.385 e. The normalized spacial score (nSPS) is 33.4. The fraction of sp³-hybridized carbons (Fsp3) is 0.429. The summed E-state index contributed by atoms with van der Waals surface area (Å²) in [5, 5.41) is 10.7. The summed E-state index contributed by atoms with van der Waals surface area (Å²) in [6.07, 6.45) is -3.70. The highest BCUT2D eigenvalue weighted by Crippen LogP contribution is 2.35. The van der Waals surface area contributed by atoms with Crippen molar-refractivity contribution in [2.45, 2.75) is 43.6 Å². The van der Waals surface area contributed by atoms with Crippen LogP contribution in [0.25, 0.3) is 0 Å². The van der Waals surface area contributed by atoms with Crippen molar-refractivity contribution in [3.8, 4) is 0 Å². The summed E-state index contributed by atoms with van der Waals surface area (Å²) in [6.45, 7) is 0.699. The molecule has 0 amide bonds. The molecule has 0 saturated carbocycles. The molecule has 6 atom stereocenters. The number of rotatable bonds is 5. The van der Waals surface area contributed by atoms with Gasteiger partial charge in [-0.3, -0.25) is 0 Å². The van der Waals surface area contributed by atoms with Gasteiger partial charge in [-0.1, -0.05) is 60.7 Å². The maximum absolute atomic E-state index is 10.7. The zero-order valence-electron chi connectivity index (χ0n) is 15.1. The summed E-state index contributed by atoms with van der Waals surface area (Å²) in [5.74, 6) is 0. The van der Waals surface area contributed by atoms with Crippen LogP contribution in [0.2, 0.25) is 0 Å². The Labute approximate surface area is 158 Å². The molecule has 0 aliphatic carbocycles. The number of ether oxygens (including phenoxy) is 5. The van der Waals surface area contributed by atoms with Crippen LogP contribution in [-0.4, -0.2) is 49.5 Å². The quantitative estimate of drug-likeness (QED) is 0.870. The fourth-order valence-electron chi connectivity index (χ4n) is 3.49. The predicted octanol–water partition coefficient (Wildman–Crippen LogP) is 2.42. The van der Waals surface area contributed by atoms with Gasteiger partial charge in [0.1, 0.15) is 24.4 Å². The van der Waals surface area contributed by atoms with Crippen molar-refractivity contribution >= 4 is 0 Å². The highest BCUT2D eigenvalue weighted by Gasteiger charge is 2.50. The van der Waals surface area contributed by atoms with Crippen molar-refractivity contribution in [2.24, 2.45) is 0 Å². The first-order valence-corrected chi connectivity index (χ1v) is 9.10. The minimum absolute atomic E-state index is 0.335. The zero-order valence-corrected chi connectivity index (χ0v) is 15.1. The molecule has 2 fully saturated rings. The molecule has 2 aromatic rings. The maximum atomic E-state index is 10.7. The topological polar surface area (TPSA) is 66.4 Å². The van der Waals surface area contributed by atoms with Gasteiger partial charge in [0.15, 0.2) is 12.6 Å². The lowest BCUT2D eigenvalue weighted by Gasteiger charge is -2.47. The first-order chi connectivity index (χ1) is 13.3. The molecule has 144 valence electrons. The number of methoxy groups -OCH3 is 1. The van der Waals surface area contributed by atoms with Crippen LogP contribution in [0.4, 0.5) is 0 Å². The molecule has 2 aromatic carbocycles. The molecule has 0 bridgehead atoms. The Hall–Kier alpha value is -1.80. The van der Waals surface area contributed by atoms with Gasteiger partial charge in [-0.15, -0.1) is 0 Å². The van der Waals surface area contributed by atoms with Crippen molar-refractivity contribution in [3.05, 3.63) is 71.8 Å². The van der Waals surface area contributed by atoms with Crippen LogP contribution < -0.4 is 0 Å². The van der Waals surface area contributed by atoms with Crippen molar-refractivity contribution in [2.75, 3.05) is 13.7 Å². The lowest BCUT2D eigenvalue weighted by Crippen LogP contribution is -2.62. The smallest absolute Gasteiger partial charge is 0.186 e. The maximum Gasteiger partial charge on any atom is 0.186 e. The summed E-state index contributed by atoms with van der Waals surface area (Å²) in [4.78, 5) is 0. The molecular formula is C21H24O6. The molecule has 6 heteroatoms. The number of fused-ring (bicyclic) bond motifs is 1. The van der Waals surface area contributed by atoms with Gasteiger partial charge < -0.3 is 28.8 Å². The van der Waals surface area contributed by atoms with Gasteiger partial charge >= 0.3 is 0 Å². The van der Waals surface area contributed by atoms with Crippen LogP contribution in [0.3, 0.4) is 0 Å². The number of hydrogen-bond acceptors (Lipinski definition) is 6. The second kappa shape index (κ2) is 8.48. The monoisotopic (exact) mass is 372 g/mol. The summed E-state index contributed by atoms with van der Waals surface area (Å²) in [7, 11) is 1.50. The van der Waals surface area contributed by atoms with E-state index in [1.807, 2.05) is 60.7 Å². The molecule has 0 aromatic heterocycles. The Morgan fingerprint density at radius 2 is 1.70 bits per heavy atom. The van der Waals surface area contributed by atoms with E-state index in [-0.39, 0.29) is 6.10 Å². The number of aliphatic hydroxyl groups is 1. The third-order valence-electron chi connectivity index (χ3n) is 4.90. The van der Waals surface area contributed by atoms with E-state index in [1.165, 1.54) is 7.11 Å². The Morgan fingerprint density at radius 3 is 2.41 bits per heavy atom. The highest BCUT2D eigenvalue weighted by atomic mass is 16.8. The van der Waals surface area contributed by atoms with E-state index in [0.717, 1.165) is 11.1 Å². The van der Waals surface area contributed by atoms with Crippen molar-refractivity contribution in [1.29, 1.82) is 0 Å². The van der Waals surface area contributed by atoms with E-state index in [2.05, 4.69) is 0 Å². The molecule has 27 heavy (non-hydrogen) atoms. The molecule has 0 spiro atoms. The third-order valence-corrected chi connectivity index (χ3v) is 4.90. The number of benzene rings is 2. The van der Waals surface area contributed by atoms with E-state index in [1.54, 1.807) is 0 Å². The molecule has 2 heterocycles. The molecule has 4 rings (SSSR count). The van der Waals surface area contributed by atoms with Gasteiger partial charge in [0.2, 0.25) is 0 Å². The average molecular weight is 372 g/mol. The Bertz CT molecular complexity index is 709. The minimum atomic E-state index is -0.963. The van der Waals surface area contributed by atoms with Crippen molar-refractivity contribution < 1.29 is 28.8 Å². The lowest BCUT2D eigenvalue weighted by atomic mass is 9.97. The molecule has 2 aliphatic rings. The summed E-state index contributed by atoms with van der Waals surface area (Å²) < 4.78 is 29.2. The van der Waals surface area contributed by atoms with Crippen LogP contribution >= 0.6 is 0 Å². The molecule has 0 radical (unpaired) electrons. The van der Waals surface area contributed by atoms with E-state index in [4.69, 9.17) is 23.7 Å². The van der Waals surface area contributed by atoms with Gasteiger partial charge in [-0.2, -0.15) is 0 Å². The van der Waals surface area contributed by atoms with E-state index >= 15 is 0 Å². The molecule has 6 nitrogen and oxygen atoms in total. The predicted molar refractivity (Wildman–Crippen MR) is 96.7 cm³/mol. The molecule has 2 saturated heterocycles. The molecule has 1 N–H and O–H groups in total. The largest absolute Gasteiger partial charge is 0.385 e. The first-order valence-electron chi connectivity index (χ1n) is 9.10. The van der Waals surface area contributed by atoms with Crippen molar-refractivity contribution in [1.82, 2.24) is 0 Å². The average Bonchev–Trinajstić information content (AvgIpc) is 2.74. The second-order valence-electron chi connectivity index (χ2n) is 6.71. The van der Waals surface area contributed by atoms with Crippen LogP contribution in [0.5, 0.6) is 0 Å². The van der Waals surface area contributed by atoms with Crippen molar-refractivity contribution in [3.63, 3.8) is 0 Å². The zero-order chi connectivity index (χ0) is 18.6. The highest BCUT2D eigenvalue weighted by molar-refractivity contribution is 5.17. The van der Waals surface area contributed by atoms with Crippen LogP contribution in [0, 0.1) is 0 Å². The number of aliphatic hydroxyl groups excluding tert-OH is 1. The third kappa shape index (κ3) is 4.06. The number of hydrogen-bond donors (Lipinski definition) is 1. The van der Waals surface area contributed by atoms with Gasteiger partial charge in [-0.25, -0.2) is 0 Å². The van der Waals surface area contributed by atoms with Crippen LogP contribution in [0.1, 0.15) is 17.4 Å². The molecule has 0 unspecified atom stereocenters. The van der Waals surface area contributed by atoms with Gasteiger partial charge in [-0.05, 0) is 5.56 Å². The van der Waals surface area contributed by atoms with Gasteiger partial charge in [0, 0.05) is 12.7 Å². The first kappa shape index (κ1) is 18.6. The van der Waals surface area contributed by atoms with Gasteiger partial charge in [0.25, 0.3) is 0 Å². The van der Waals surface area contributed by atoms with Crippen LogP contribution in [-0.2, 0) is 30.3 Å². The standard InChI is InChI=1S/C21H24O6/c1-23-21-17(22)19(24-12-14-8-4-2-5-9-14)18-16(26-21)13-25-20(27-18)15-10-6-3-7-11-15/h2-11,16-22H,12-13H2,1H3/t16-,17+,18-,19-,20-,21+/m1/s1. The van der Waals surface area contributed by atoms with E-state index in [0.29, 0.717) is 13.2 Å². The van der Waals surface area contributed by atoms with E-state index in [9.17, 15) is 5.11 Å². The molecule has 2 aliphatic heterocycles. The van der Waals surface area contributed by atoms with Gasteiger partial charge in [0.05, 0.1) is 13.2 Å². The lowest BCUT2D eigenvalue weighted by molar-refractivity contribution is -0.363. The summed E-state index contributed by atoms with van der Waals surface area (Å²) >= 11 is 0. The second-order valence-corrected chi connectivity index (χ2v) is 6.71. The van der Waals surface area contributed by atoms with E-state index < -0.39 is 30.9 Å².